The van der Waals surface area contributed by atoms with Gasteiger partial charge < -0.3 is 15.4 Å². The molecule has 0 aliphatic carbocycles. The number of rotatable bonds is 2. The van der Waals surface area contributed by atoms with Gasteiger partial charge in [0.05, 0.1) is 0 Å². The maximum Gasteiger partial charge on any atom is 0.249 e. The highest BCUT2D eigenvalue weighted by atomic mass is 16.5. The van der Waals surface area contributed by atoms with Gasteiger partial charge in [-0.15, -0.1) is 0 Å². The molecule has 0 spiro atoms. The van der Waals surface area contributed by atoms with E-state index in [9.17, 15) is 4.79 Å². The van der Waals surface area contributed by atoms with E-state index >= 15 is 0 Å². The van der Waals surface area contributed by atoms with Crippen LogP contribution in [0.3, 0.4) is 0 Å². The Balaban J connectivity index is 1.52. The standard InChI is InChI=1S/C12H20N2O2/c15-12(11-2-1-5-16-11)14-10-6-8-3-4-9(7-10)13-8/h8-11,13H,1-7H2,(H,14,15). The summed E-state index contributed by atoms with van der Waals surface area (Å²) in [6.45, 7) is 0.746. The third kappa shape index (κ3) is 2.09. The molecule has 3 unspecified atom stereocenters. The number of amides is 1. The SMILES string of the molecule is O=C(NC1CC2CCC(C1)N2)C1CCCO1. The minimum Gasteiger partial charge on any atom is -0.368 e. The fourth-order valence-electron chi connectivity index (χ4n) is 3.25. The lowest BCUT2D eigenvalue weighted by Crippen LogP contribution is -2.50. The number of nitrogens with one attached hydrogen (secondary N) is 2. The van der Waals surface area contributed by atoms with Gasteiger partial charge in [-0.25, -0.2) is 0 Å². The van der Waals surface area contributed by atoms with Crippen LogP contribution >= 0.6 is 0 Å². The minimum absolute atomic E-state index is 0.115. The molecule has 0 radical (unpaired) electrons. The van der Waals surface area contributed by atoms with Gasteiger partial charge in [0.1, 0.15) is 6.10 Å². The number of hydrogen-bond donors (Lipinski definition) is 2. The largest absolute Gasteiger partial charge is 0.368 e. The van der Waals surface area contributed by atoms with Crippen LogP contribution in [0.15, 0.2) is 0 Å². The summed E-state index contributed by atoms with van der Waals surface area (Å²) in [6.07, 6.45) is 6.48. The first-order chi connectivity index (χ1) is 7.81. The molecule has 2 N–H and O–H groups in total. The maximum absolute atomic E-state index is 11.9. The van der Waals surface area contributed by atoms with Crippen molar-refractivity contribution in [2.75, 3.05) is 6.61 Å². The van der Waals surface area contributed by atoms with Gasteiger partial charge in [-0.1, -0.05) is 0 Å². The molecule has 3 fully saturated rings. The Morgan fingerprint density at radius 1 is 1.19 bits per heavy atom. The highest BCUT2D eigenvalue weighted by Crippen LogP contribution is 2.27. The first-order valence-corrected chi connectivity index (χ1v) is 6.49. The van der Waals surface area contributed by atoms with Crippen molar-refractivity contribution in [3.05, 3.63) is 0 Å². The third-order valence-corrected chi connectivity index (χ3v) is 4.04. The molecule has 2 bridgehead atoms. The van der Waals surface area contributed by atoms with Gasteiger partial charge in [0.25, 0.3) is 0 Å². The lowest BCUT2D eigenvalue weighted by atomic mass is 9.99. The van der Waals surface area contributed by atoms with Gasteiger partial charge in [0.15, 0.2) is 0 Å². The second kappa shape index (κ2) is 4.34. The lowest BCUT2D eigenvalue weighted by Gasteiger charge is -2.30. The Morgan fingerprint density at radius 3 is 2.56 bits per heavy atom. The van der Waals surface area contributed by atoms with E-state index in [1.807, 2.05) is 0 Å². The summed E-state index contributed by atoms with van der Waals surface area (Å²) in [5.41, 5.74) is 0. The maximum atomic E-state index is 11.9. The molecule has 0 saturated carbocycles. The quantitative estimate of drug-likeness (QED) is 0.721. The first-order valence-electron chi connectivity index (χ1n) is 6.49. The molecule has 3 atom stereocenters. The van der Waals surface area contributed by atoms with Crippen LogP contribution in [0.5, 0.6) is 0 Å². The predicted molar refractivity (Wildman–Crippen MR) is 60.1 cm³/mol. The fraction of sp³-hybridized carbons (Fsp3) is 0.917. The van der Waals surface area contributed by atoms with E-state index in [2.05, 4.69) is 10.6 Å². The molecule has 3 aliphatic heterocycles. The highest BCUT2D eigenvalue weighted by Gasteiger charge is 2.35. The summed E-state index contributed by atoms with van der Waals surface area (Å²) in [4.78, 5) is 11.9. The summed E-state index contributed by atoms with van der Waals surface area (Å²) in [7, 11) is 0. The monoisotopic (exact) mass is 224 g/mol. The summed E-state index contributed by atoms with van der Waals surface area (Å²) in [5, 5.41) is 6.74. The third-order valence-electron chi connectivity index (χ3n) is 4.04. The van der Waals surface area contributed by atoms with Crippen LogP contribution in [0.25, 0.3) is 0 Å². The predicted octanol–water partition coefficient (Wildman–Crippen LogP) is 0.565. The minimum atomic E-state index is -0.174. The van der Waals surface area contributed by atoms with Gasteiger partial charge >= 0.3 is 0 Å². The van der Waals surface area contributed by atoms with E-state index in [1.54, 1.807) is 0 Å². The van der Waals surface area contributed by atoms with Crippen molar-refractivity contribution in [2.24, 2.45) is 0 Å². The van der Waals surface area contributed by atoms with E-state index in [4.69, 9.17) is 4.74 Å². The Hall–Kier alpha value is -0.610. The molecule has 16 heavy (non-hydrogen) atoms. The van der Waals surface area contributed by atoms with Crippen LogP contribution in [0.4, 0.5) is 0 Å². The van der Waals surface area contributed by atoms with Gasteiger partial charge in [0, 0.05) is 24.7 Å². The molecule has 3 rings (SSSR count). The van der Waals surface area contributed by atoms with Crippen LogP contribution in [-0.4, -0.2) is 36.7 Å². The zero-order valence-corrected chi connectivity index (χ0v) is 9.58. The van der Waals surface area contributed by atoms with Crippen molar-refractivity contribution >= 4 is 5.91 Å². The molecular weight excluding hydrogens is 204 g/mol. The van der Waals surface area contributed by atoms with Crippen molar-refractivity contribution < 1.29 is 9.53 Å². The van der Waals surface area contributed by atoms with Crippen LogP contribution in [0.2, 0.25) is 0 Å². The van der Waals surface area contributed by atoms with Crippen molar-refractivity contribution in [3.8, 4) is 0 Å². The second-order valence-electron chi connectivity index (χ2n) is 5.32. The molecule has 0 aromatic rings. The molecule has 0 aromatic heterocycles. The zero-order valence-electron chi connectivity index (χ0n) is 9.58. The smallest absolute Gasteiger partial charge is 0.249 e. The molecule has 4 nitrogen and oxygen atoms in total. The molecule has 3 heterocycles. The lowest BCUT2D eigenvalue weighted by molar-refractivity contribution is -0.131. The Kier molecular flexibility index (Phi) is 2.86. The molecule has 1 amide bonds. The molecule has 3 aliphatic rings. The molecule has 3 saturated heterocycles. The van der Waals surface area contributed by atoms with Crippen LogP contribution in [0, 0.1) is 0 Å². The number of hydrogen-bond acceptors (Lipinski definition) is 3. The molecular formula is C12H20N2O2. The average Bonchev–Trinajstić information content (AvgIpc) is 2.88. The topological polar surface area (TPSA) is 50.4 Å². The van der Waals surface area contributed by atoms with E-state index in [-0.39, 0.29) is 12.0 Å². The Morgan fingerprint density at radius 2 is 1.94 bits per heavy atom. The number of ether oxygens (including phenoxy) is 1. The van der Waals surface area contributed by atoms with Crippen LogP contribution in [-0.2, 0) is 9.53 Å². The number of piperidine rings is 1. The average molecular weight is 224 g/mol. The summed E-state index contributed by atoms with van der Waals surface area (Å²) >= 11 is 0. The Bertz CT molecular complexity index is 264. The zero-order chi connectivity index (χ0) is 11.0. The Labute approximate surface area is 96.1 Å². The normalized spacial score (nSPS) is 42.2. The number of carbonyl (C=O) groups excluding carboxylic acids is 1. The van der Waals surface area contributed by atoms with Crippen molar-refractivity contribution in [3.63, 3.8) is 0 Å². The fourth-order valence-corrected chi connectivity index (χ4v) is 3.25. The van der Waals surface area contributed by atoms with Gasteiger partial charge in [-0.05, 0) is 38.5 Å². The molecule has 0 aromatic carbocycles. The van der Waals surface area contributed by atoms with Crippen LogP contribution in [0.1, 0.15) is 38.5 Å². The van der Waals surface area contributed by atoms with Gasteiger partial charge in [0.2, 0.25) is 5.91 Å². The molecule has 4 heteroatoms. The molecule has 90 valence electrons. The summed E-state index contributed by atoms with van der Waals surface area (Å²) < 4.78 is 5.40. The highest BCUT2D eigenvalue weighted by molar-refractivity contribution is 5.81. The van der Waals surface area contributed by atoms with Gasteiger partial charge in [-0.3, -0.25) is 4.79 Å². The number of fused-ring (bicyclic) bond motifs is 2. The van der Waals surface area contributed by atoms with Gasteiger partial charge in [-0.2, -0.15) is 0 Å². The van der Waals surface area contributed by atoms with E-state index in [0.717, 1.165) is 32.3 Å². The van der Waals surface area contributed by atoms with E-state index in [1.165, 1.54) is 12.8 Å². The first kappa shape index (κ1) is 10.5. The van der Waals surface area contributed by atoms with Crippen molar-refractivity contribution in [1.29, 1.82) is 0 Å². The summed E-state index contributed by atoms with van der Waals surface area (Å²) in [6, 6.07) is 1.64. The van der Waals surface area contributed by atoms with Crippen LogP contribution < -0.4 is 10.6 Å². The van der Waals surface area contributed by atoms with E-state index in [0.29, 0.717) is 18.1 Å². The van der Waals surface area contributed by atoms with Crippen molar-refractivity contribution in [1.82, 2.24) is 10.6 Å². The second-order valence-corrected chi connectivity index (χ2v) is 5.32. The van der Waals surface area contributed by atoms with Crippen molar-refractivity contribution in [2.45, 2.75) is 62.8 Å². The van der Waals surface area contributed by atoms with E-state index < -0.39 is 0 Å². The summed E-state index contributed by atoms with van der Waals surface area (Å²) in [5.74, 6) is 0.115. The number of carbonyl (C=O) groups is 1.